The molecule has 0 aliphatic carbocycles. The van der Waals surface area contributed by atoms with Crippen molar-refractivity contribution in [3.05, 3.63) is 47.3 Å². The van der Waals surface area contributed by atoms with Gasteiger partial charge in [0.05, 0.1) is 19.3 Å². The molecule has 2 rings (SSSR count). The van der Waals surface area contributed by atoms with Gasteiger partial charge in [-0.2, -0.15) is 0 Å². The molecule has 2 aromatic rings. The highest BCUT2D eigenvalue weighted by Gasteiger charge is 2.04. The van der Waals surface area contributed by atoms with E-state index < -0.39 is 0 Å². The molecule has 0 bridgehead atoms. The maximum absolute atomic E-state index is 5.25. The van der Waals surface area contributed by atoms with Gasteiger partial charge >= 0.3 is 0 Å². The largest absolute Gasteiger partial charge is 0.497 e. The van der Waals surface area contributed by atoms with Gasteiger partial charge in [0.25, 0.3) is 0 Å². The molecule has 0 aliphatic heterocycles. The Labute approximate surface area is 172 Å². The number of aromatic nitrogens is 1. The molecule has 1 aromatic carbocycles. The Bertz CT molecular complexity index is 656. The Morgan fingerprint density at radius 2 is 1.96 bits per heavy atom. The molecule has 26 heavy (non-hydrogen) atoms. The molecule has 0 radical (unpaired) electrons. The van der Waals surface area contributed by atoms with E-state index in [0.29, 0.717) is 6.54 Å². The third kappa shape index (κ3) is 7.63. The van der Waals surface area contributed by atoms with Crippen molar-refractivity contribution in [3.8, 4) is 5.75 Å². The third-order valence-electron chi connectivity index (χ3n) is 3.97. The van der Waals surface area contributed by atoms with E-state index >= 15 is 0 Å². The number of nitrogens with zero attached hydrogens (tertiary/aromatic N) is 2. The van der Waals surface area contributed by atoms with Crippen LogP contribution in [0.2, 0.25) is 0 Å². The number of benzene rings is 1. The van der Waals surface area contributed by atoms with Crippen molar-refractivity contribution in [2.24, 2.45) is 4.99 Å². The number of halogens is 1. The van der Waals surface area contributed by atoms with E-state index in [9.17, 15) is 0 Å². The summed E-state index contributed by atoms with van der Waals surface area (Å²) in [4.78, 5) is 4.22. The standard InChI is InChI=1S/C19H28N4O2.HI/c1-4-16-13-18(25-23-16)14-22-19(20-2)21-12-6-5-7-15-8-10-17(24-3)11-9-15;/h8-11,13H,4-7,12,14H2,1-3H3,(H2,20,21,22);1H. The predicted molar refractivity (Wildman–Crippen MR) is 115 cm³/mol. The molecule has 2 N–H and O–H groups in total. The van der Waals surface area contributed by atoms with Crippen molar-refractivity contribution in [2.45, 2.75) is 39.2 Å². The zero-order valence-corrected chi connectivity index (χ0v) is 18.1. The van der Waals surface area contributed by atoms with E-state index in [1.807, 2.05) is 18.2 Å². The van der Waals surface area contributed by atoms with Crippen LogP contribution < -0.4 is 15.4 Å². The number of aliphatic imine (C=N–C) groups is 1. The maximum Gasteiger partial charge on any atom is 0.191 e. The molecule has 1 aromatic heterocycles. The zero-order chi connectivity index (χ0) is 17.9. The van der Waals surface area contributed by atoms with Crippen LogP contribution in [0.25, 0.3) is 0 Å². The van der Waals surface area contributed by atoms with Gasteiger partial charge in [0.1, 0.15) is 5.75 Å². The molecule has 0 saturated carbocycles. The van der Waals surface area contributed by atoms with Crippen LogP contribution in [0, 0.1) is 0 Å². The lowest BCUT2D eigenvalue weighted by molar-refractivity contribution is 0.374. The first kappa shape index (κ1) is 22.3. The van der Waals surface area contributed by atoms with Crippen LogP contribution in [0.5, 0.6) is 5.75 Å². The predicted octanol–water partition coefficient (Wildman–Crippen LogP) is 3.55. The summed E-state index contributed by atoms with van der Waals surface area (Å²) in [6.07, 6.45) is 4.15. The first-order chi connectivity index (χ1) is 12.2. The monoisotopic (exact) mass is 472 g/mol. The molecule has 0 aliphatic rings. The van der Waals surface area contributed by atoms with Crippen molar-refractivity contribution in [3.63, 3.8) is 0 Å². The number of unbranched alkanes of at least 4 members (excludes halogenated alkanes) is 1. The summed E-state index contributed by atoms with van der Waals surface area (Å²) < 4.78 is 10.4. The second kappa shape index (κ2) is 12.6. The fraction of sp³-hybridized carbons (Fsp3) is 0.474. The van der Waals surface area contributed by atoms with Crippen LogP contribution in [-0.4, -0.2) is 31.8 Å². The van der Waals surface area contributed by atoms with Crippen molar-refractivity contribution in [1.82, 2.24) is 15.8 Å². The second-order valence-corrected chi connectivity index (χ2v) is 5.80. The van der Waals surface area contributed by atoms with Gasteiger partial charge in [-0.25, -0.2) is 0 Å². The number of nitrogens with one attached hydrogen (secondary N) is 2. The summed E-state index contributed by atoms with van der Waals surface area (Å²) in [5.41, 5.74) is 2.30. The Hall–Kier alpha value is -1.77. The van der Waals surface area contributed by atoms with Crippen LogP contribution >= 0.6 is 24.0 Å². The molecular formula is C19H29IN4O2. The minimum atomic E-state index is 0. The third-order valence-corrected chi connectivity index (χ3v) is 3.97. The van der Waals surface area contributed by atoms with Gasteiger partial charge in [0.15, 0.2) is 11.7 Å². The van der Waals surface area contributed by atoms with Crippen molar-refractivity contribution in [2.75, 3.05) is 20.7 Å². The molecule has 0 unspecified atom stereocenters. The molecule has 0 atom stereocenters. The lowest BCUT2D eigenvalue weighted by atomic mass is 10.1. The van der Waals surface area contributed by atoms with Gasteiger partial charge in [-0.1, -0.05) is 24.2 Å². The van der Waals surface area contributed by atoms with Gasteiger partial charge in [-0.3, -0.25) is 4.99 Å². The van der Waals surface area contributed by atoms with Crippen molar-refractivity contribution in [1.29, 1.82) is 0 Å². The van der Waals surface area contributed by atoms with Crippen molar-refractivity contribution < 1.29 is 9.26 Å². The second-order valence-electron chi connectivity index (χ2n) is 5.80. The number of hydrogen-bond acceptors (Lipinski definition) is 4. The smallest absolute Gasteiger partial charge is 0.191 e. The Morgan fingerprint density at radius 3 is 2.58 bits per heavy atom. The summed E-state index contributed by atoms with van der Waals surface area (Å²) in [5, 5.41) is 10.5. The quantitative estimate of drug-likeness (QED) is 0.253. The van der Waals surface area contributed by atoms with Gasteiger partial charge in [-0.15, -0.1) is 24.0 Å². The Balaban J connectivity index is 0.00000338. The lowest BCUT2D eigenvalue weighted by Crippen LogP contribution is -2.37. The first-order valence-electron chi connectivity index (χ1n) is 8.77. The van der Waals surface area contributed by atoms with Gasteiger partial charge in [-0.05, 0) is 43.4 Å². The number of rotatable bonds is 9. The fourth-order valence-corrected chi connectivity index (χ4v) is 2.45. The molecule has 0 saturated heterocycles. The molecule has 0 amide bonds. The lowest BCUT2D eigenvalue weighted by Gasteiger charge is -2.10. The Kier molecular flexibility index (Phi) is 10.8. The van der Waals surface area contributed by atoms with E-state index in [4.69, 9.17) is 9.26 Å². The van der Waals surface area contributed by atoms with Crippen LogP contribution in [-0.2, 0) is 19.4 Å². The number of methoxy groups -OCH3 is 1. The minimum absolute atomic E-state index is 0. The molecule has 1 heterocycles. The topological polar surface area (TPSA) is 71.7 Å². The summed E-state index contributed by atoms with van der Waals surface area (Å²) in [6, 6.07) is 10.2. The van der Waals surface area contributed by atoms with Crippen LogP contribution in [0.3, 0.4) is 0 Å². The molecule has 0 spiro atoms. The minimum Gasteiger partial charge on any atom is -0.497 e. The normalized spacial score (nSPS) is 11.0. The Morgan fingerprint density at radius 1 is 1.19 bits per heavy atom. The van der Waals surface area contributed by atoms with E-state index in [-0.39, 0.29) is 24.0 Å². The first-order valence-corrected chi connectivity index (χ1v) is 8.77. The summed E-state index contributed by atoms with van der Waals surface area (Å²) in [7, 11) is 3.46. The van der Waals surface area contributed by atoms with Crippen LogP contribution in [0.1, 0.15) is 36.8 Å². The molecular weight excluding hydrogens is 443 g/mol. The fourth-order valence-electron chi connectivity index (χ4n) is 2.45. The highest BCUT2D eigenvalue weighted by atomic mass is 127. The average molecular weight is 472 g/mol. The van der Waals surface area contributed by atoms with Crippen molar-refractivity contribution >= 4 is 29.9 Å². The molecule has 0 fully saturated rings. The number of guanidine groups is 1. The average Bonchev–Trinajstić information content (AvgIpc) is 3.12. The number of ether oxygens (including phenoxy) is 1. The summed E-state index contributed by atoms with van der Waals surface area (Å²) in [5.74, 6) is 2.50. The van der Waals surface area contributed by atoms with Gasteiger partial charge in [0, 0.05) is 19.7 Å². The molecule has 6 nitrogen and oxygen atoms in total. The van der Waals surface area contributed by atoms with E-state index in [1.165, 1.54) is 5.56 Å². The highest BCUT2D eigenvalue weighted by Crippen LogP contribution is 2.13. The van der Waals surface area contributed by atoms with Crippen LogP contribution in [0.4, 0.5) is 0 Å². The van der Waals surface area contributed by atoms with Gasteiger partial charge in [0.2, 0.25) is 0 Å². The highest BCUT2D eigenvalue weighted by molar-refractivity contribution is 14.0. The number of aryl methyl sites for hydroxylation is 2. The van der Waals surface area contributed by atoms with Crippen LogP contribution in [0.15, 0.2) is 39.8 Å². The SMILES string of the molecule is CCc1cc(CNC(=NC)NCCCCc2ccc(OC)cc2)on1.I. The van der Waals surface area contributed by atoms with Gasteiger partial charge < -0.3 is 19.9 Å². The molecule has 144 valence electrons. The maximum atomic E-state index is 5.25. The summed E-state index contributed by atoms with van der Waals surface area (Å²) in [6.45, 7) is 3.52. The van der Waals surface area contributed by atoms with E-state index in [0.717, 1.165) is 55.4 Å². The number of hydrogen-bond donors (Lipinski definition) is 2. The van der Waals surface area contributed by atoms with E-state index in [1.54, 1.807) is 14.2 Å². The summed E-state index contributed by atoms with van der Waals surface area (Å²) >= 11 is 0. The molecule has 7 heteroatoms. The zero-order valence-electron chi connectivity index (χ0n) is 15.7. The van der Waals surface area contributed by atoms with E-state index in [2.05, 4.69) is 39.8 Å².